The highest BCUT2D eigenvalue weighted by Crippen LogP contribution is 2.10. The van der Waals surface area contributed by atoms with Gasteiger partial charge in [0.15, 0.2) is 5.96 Å². The molecule has 0 aliphatic carbocycles. The molecule has 25 heavy (non-hydrogen) atoms. The topological polar surface area (TPSA) is 67.1 Å². The van der Waals surface area contributed by atoms with Crippen molar-refractivity contribution < 1.29 is 4.39 Å². The van der Waals surface area contributed by atoms with Gasteiger partial charge in [-0.2, -0.15) is 0 Å². The molecular weight excluding hydrogens is 434 g/mol. The number of aromatic nitrogens is 3. The van der Waals surface area contributed by atoms with Gasteiger partial charge >= 0.3 is 0 Å². The smallest absolute Gasteiger partial charge is 0.190 e. The molecule has 0 aliphatic rings. The predicted molar refractivity (Wildman–Crippen MR) is 109 cm³/mol. The second-order valence-electron chi connectivity index (χ2n) is 5.65. The molecule has 1 heterocycles. The molecule has 0 unspecified atom stereocenters. The Hall–Kier alpha value is -1.71. The predicted octanol–water partition coefficient (Wildman–Crippen LogP) is 2.53. The Morgan fingerprint density at radius 3 is 2.56 bits per heavy atom. The summed E-state index contributed by atoms with van der Waals surface area (Å²) in [5.41, 5.74) is 2.13. The zero-order valence-corrected chi connectivity index (χ0v) is 17.0. The fourth-order valence-corrected chi connectivity index (χ4v) is 2.44. The number of unbranched alkanes of at least 4 members (excludes halogenated alkanes) is 1. The van der Waals surface area contributed by atoms with Crippen LogP contribution in [0, 0.1) is 12.7 Å². The van der Waals surface area contributed by atoms with Crippen LogP contribution in [0.5, 0.6) is 0 Å². The van der Waals surface area contributed by atoms with E-state index in [-0.39, 0.29) is 29.8 Å². The Balaban J connectivity index is 0.00000312. The van der Waals surface area contributed by atoms with Crippen molar-refractivity contribution >= 4 is 29.9 Å². The van der Waals surface area contributed by atoms with Crippen molar-refractivity contribution in [3.05, 3.63) is 47.8 Å². The highest BCUT2D eigenvalue weighted by molar-refractivity contribution is 14.0. The van der Waals surface area contributed by atoms with E-state index < -0.39 is 0 Å². The number of hydrogen-bond donors (Lipinski definition) is 2. The first-order valence-corrected chi connectivity index (χ1v) is 8.21. The van der Waals surface area contributed by atoms with Crippen molar-refractivity contribution in [3.8, 4) is 0 Å². The average molecular weight is 460 g/mol. The van der Waals surface area contributed by atoms with Crippen LogP contribution < -0.4 is 10.6 Å². The molecule has 1 aromatic carbocycles. The Labute approximate surface area is 165 Å². The van der Waals surface area contributed by atoms with Gasteiger partial charge in [0.1, 0.15) is 18.5 Å². The van der Waals surface area contributed by atoms with Crippen molar-refractivity contribution in [2.24, 2.45) is 4.99 Å². The van der Waals surface area contributed by atoms with Crippen LogP contribution in [0.1, 0.15) is 24.0 Å². The number of aryl methyl sites for hydroxylation is 2. The zero-order valence-electron chi connectivity index (χ0n) is 14.7. The van der Waals surface area contributed by atoms with Crippen LogP contribution >= 0.6 is 24.0 Å². The Kier molecular flexibility index (Phi) is 10.0. The lowest BCUT2D eigenvalue weighted by molar-refractivity contribution is 0.597. The van der Waals surface area contributed by atoms with Crippen molar-refractivity contribution in [2.75, 3.05) is 20.1 Å². The molecule has 0 amide bonds. The van der Waals surface area contributed by atoms with Crippen molar-refractivity contribution in [1.82, 2.24) is 25.4 Å². The van der Waals surface area contributed by atoms with E-state index in [1.54, 1.807) is 25.8 Å². The van der Waals surface area contributed by atoms with Crippen LogP contribution in [0.3, 0.4) is 0 Å². The third-order valence-electron chi connectivity index (χ3n) is 3.82. The van der Waals surface area contributed by atoms with Crippen LogP contribution in [-0.4, -0.2) is 40.9 Å². The standard InChI is InChI=1S/C17H25FN6.HI/c1-14-11-16(18)6-5-15(14)7-9-21-17(19-2)20-8-3-4-10-24-12-22-23-13-24;/h5-6,11-13H,3-4,7-10H2,1-2H3,(H2,19,20,21);1H. The summed E-state index contributed by atoms with van der Waals surface area (Å²) in [5, 5.41) is 14.1. The Bertz CT molecular complexity index is 645. The van der Waals surface area contributed by atoms with E-state index in [0.29, 0.717) is 0 Å². The minimum Gasteiger partial charge on any atom is -0.356 e. The van der Waals surface area contributed by atoms with Gasteiger partial charge in [-0.25, -0.2) is 4.39 Å². The van der Waals surface area contributed by atoms with Crippen LogP contribution in [0.25, 0.3) is 0 Å². The SMILES string of the molecule is CN=C(NCCCCn1cnnc1)NCCc1ccc(F)cc1C.I. The summed E-state index contributed by atoms with van der Waals surface area (Å²) >= 11 is 0. The number of halogens is 2. The van der Waals surface area contributed by atoms with E-state index in [1.165, 1.54) is 6.07 Å². The summed E-state index contributed by atoms with van der Waals surface area (Å²) in [6.07, 6.45) is 6.38. The lowest BCUT2D eigenvalue weighted by Crippen LogP contribution is -2.38. The molecule has 0 aliphatic heterocycles. The number of guanidine groups is 1. The number of benzene rings is 1. The molecule has 1 aromatic heterocycles. The third-order valence-corrected chi connectivity index (χ3v) is 3.82. The minimum atomic E-state index is -0.187. The van der Waals surface area contributed by atoms with Gasteiger partial charge in [0.05, 0.1) is 0 Å². The molecule has 0 radical (unpaired) electrons. The Morgan fingerprint density at radius 2 is 1.88 bits per heavy atom. The van der Waals surface area contributed by atoms with Gasteiger partial charge in [0.25, 0.3) is 0 Å². The van der Waals surface area contributed by atoms with E-state index >= 15 is 0 Å². The fourth-order valence-electron chi connectivity index (χ4n) is 2.44. The van der Waals surface area contributed by atoms with Crippen molar-refractivity contribution in [1.29, 1.82) is 0 Å². The molecule has 0 fully saturated rings. The maximum absolute atomic E-state index is 13.1. The van der Waals surface area contributed by atoms with Crippen molar-refractivity contribution in [3.63, 3.8) is 0 Å². The van der Waals surface area contributed by atoms with Crippen LogP contribution in [0.15, 0.2) is 35.8 Å². The zero-order chi connectivity index (χ0) is 17.2. The number of hydrogen-bond acceptors (Lipinski definition) is 3. The second kappa shape index (κ2) is 11.8. The van der Waals surface area contributed by atoms with Gasteiger partial charge in [0, 0.05) is 26.7 Å². The third kappa shape index (κ3) is 7.80. The first-order valence-electron chi connectivity index (χ1n) is 8.21. The molecule has 0 saturated heterocycles. The molecule has 0 atom stereocenters. The first-order chi connectivity index (χ1) is 11.7. The molecule has 2 N–H and O–H groups in total. The van der Waals surface area contributed by atoms with E-state index in [0.717, 1.165) is 56.0 Å². The molecule has 6 nitrogen and oxygen atoms in total. The molecular formula is C17H26FIN6. The first kappa shape index (κ1) is 21.3. The van der Waals surface area contributed by atoms with Crippen molar-refractivity contribution in [2.45, 2.75) is 32.7 Å². The minimum absolute atomic E-state index is 0. The number of rotatable bonds is 8. The largest absolute Gasteiger partial charge is 0.356 e. The van der Waals surface area contributed by atoms with E-state index in [2.05, 4.69) is 25.8 Å². The number of aliphatic imine (C=N–C) groups is 1. The highest BCUT2D eigenvalue weighted by atomic mass is 127. The quantitative estimate of drug-likeness (QED) is 0.275. The molecule has 0 saturated carbocycles. The maximum atomic E-state index is 13.1. The molecule has 2 aromatic rings. The summed E-state index contributed by atoms with van der Waals surface area (Å²) in [6, 6.07) is 4.91. The highest BCUT2D eigenvalue weighted by Gasteiger charge is 2.02. The summed E-state index contributed by atoms with van der Waals surface area (Å²) in [5.74, 6) is 0.604. The number of nitrogens with zero attached hydrogens (tertiary/aromatic N) is 4. The van der Waals surface area contributed by atoms with Crippen LogP contribution in [0.4, 0.5) is 4.39 Å². The lowest BCUT2D eigenvalue weighted by Gasteiger charge is -2.12. The summed E-state index contributed by atoms with van der Waals surface area (Å²) in [4.78, 5) is 4.21. The average Bonchev–Trinajstić information content (AvgIpc) is 3.08. The summed E-state index contributed by atoms with van der Waals surface area (Å²) in [6.45, 7) is 4.47. The Morgan fingerprint density at radius 1 is 1.16 bits per heavy atom. The molecule has 8 heteroatoms. The van der Waals surface area contributed by atoms with Gasteiger partial charge < -0.3 is 15.2 Å². The van der Waals surface area contributed by atoms with Gasteiger partial charge in [0.2, 0.25) is 0 Å². The van der Waals surface area contributed by atoms with Gasteiger partial charge in [-0.15, -0.1) is 34.2 Å². The molecule has 138 valence electrons. The number of nitrogens with one attached hydrogen (secondary N) is 2. The lowest BCUT2D eigenvalue weighted by atomic mass is 10.1. The summed E-state index contributed by atoms with van der Waals surface area (Å²) in [7, 11) is 1.76. The van der Waals surface area contributed by atoms with E-state index in [9.17, 15) is 4.39 Å². The normalized spacial score (nSPS) is 11.1. The van der Waals surface area contributed by atoms with E-state index in [1.807, 2.05) is 17.6 Å². The summed E-state index contributed by atoms with van der Waals surface area (Å²) < 4.78 is 15.1. The maximum Gasteiger partial charge on any atom is 0.190 e. The van der Waals surface area contributed by atoms with E-state index in [4.69, 9.17) is 0 Å². The van der Waals surface area contributed by atoms with Gasteiger partial charge in [-0.05, 0) is 49.4 Å². The van der Waals surface area contributed by atoms with Gasteiger partial charge in [-0.1, -0.05) is 6.07 Å². The molecule has 0 bridgehead atoms. The second-order valence-corrected chi connectivity index (χ2v) is 5.65. The monoisotopic (exact) mass is 460 g/mol. The van der Waals surface area contributed by atoms with Gasteiger partial charge in [-0.3, -0.25) is 4.99 Å². The molecule has 0 spiro atoms. The fraction of sp³-hybridized carbons (Fsp3) is 0.471. The van der Waals surface area contributed by atoms with Crippen LogP contribution in [-0.2, 0) is 13.0 Å². The molecule has 2 rings (SSSR count). The van der Waals surface area contributed by atoms with Crippen LogP contribution in [0.2, 0.25) is 0 Å².